The van der Waals surface area contributed by atoms with E-state index in [-0.39, 0.29) is 27.8 Å². The number of ether oxygens (including phenoxy) is 1. The Morgan fingerprint density at radius 1 is 1.00 bits per heavy atom. The lowest BCUT2D eigenvalue weighted by molar-refractivity contribution is -0.122. The van der Waals surface area contributed by atoms with Crippen LogP contribution in [0.15, 0.2) is 84.4 Å². The summed E-state index contributed by atoms with van der Waals surface area (Å²) < 4.78 is 20.9. The number of aryl methyl sites for hydroxylation is 1. The maximum atomic E-state index is 13.4. The average molecular weight is 570 g/mol. The Balaban J connectivity index is 1.40. The molecule has 2 heterocycles. The topological polar surface area (TPSA) is 101 Å². The van der Waals surface area contributed by atoms with E-state index in [0.717, 1.165) is 27.5 Å². The molecule has 8 nitrogen and oxygen atoms in total. The first-order valence-corrected chi connectivity index (χ1v) is 12.9. The molecule has 0 spiro atoms. The van der Waals surface area contributed by atoms with E-state index in [1.54, 1.807) is 18.2 Å². The summed E-state index contributed by atoms with van der Waals surface area (Å²) in [6, 6.07) is 21.2. The fraction of sp³-hybridized carbons (Fsp3) is 0.0968. The zero-order valence-corrected chi connectivity index (χ0v) is 22.9. The standard InChI is InChI=1S/C31H24FN3O5S/c1-18-14-22(16-27-28(36)33-31(41)35(29(27)37)25-5-3-4-21(15-25)30(38)39)19(2)34(18)24-10-12-26(13-11-24)40-17-20-6-8-23(32)9-7-20/h3-16H,17H2,1-2H3,(H,38,39)(H,33,36,41). The number of anilines is 1. The van der Waals surface area contributed by atoms with Crippen molar-refractivity contribution in [2.45, 2.75) is 20.5 Å². The summed E-state index contributed by atoms with van der Waals surface area (Å²) in [6.45, 7) is 4.09. The number of aromatic carboxylic acids is 1. The molecule has 41 heavy (non-hydrogen) atoms. The van der Waals surface area contributed by atoms with Crippen LogP contribution in [0.1, 0.15) is 32.9 Å². The molecule has 0 unspecified atom stereocenters. The van der Waals surface area contributed by atoms with Crippen LogP contribution >= 0.6 is 12.2 Å². The Hall–Kier alpha value is -5.09. The monoisotopic (exact) mass is 569 g/mol. The number of carbonyl (C=O) groups is 3. The SMILES string of the molecule is Cc1cc(C=C2C(=O)NC(=S)N(c3cccc(C(=O)O)c3)C2=O)c(C)n1-c1ccc(OCc2ccc(F)cc2)cc1. The molecule has 4 aromatic rings. The number of nitrogens with zero attached hydrogens (tertiary/aromatic N) is 2. The van der Waals surface area contributed by atoms with Gasteiger partial charge in [-0.15, -0.1) is 0 Å². The number of carbonyl (C=O) groups excluding carboxylic acids is 2. The predicted octanol–water partition coefficient (Wildman–Crippen LogP) is 5.34. The summed E-state index contributed by atoms with van der Waals surface area (Å²) in [5.74, 6) is -2.10. The minimum Gasteiger partial charge on any atom is -0.489 e. The molecule has 1 fully saturated rings. The van der Waals surface area contributed by atoms with Crippen LogP contribution in [0.4, 0.5) is 10.1 Å². The van der Waals surface area contributed by atoms with E-state index in [1.807, 2.05) is 48.7 Å². The molecule has 5 rings (SSSR count). The Morgan fingerprint density at radius 2 is 1.71 bits per heavy atom. The van der Waals surface area contributed by atoms with E-state index in [4.69, 9.17) is 17.0 Å². The summed E-state index contributed by atoms with van der Waals surface area (Å²) in [6.07, 6.45) is 1.51. The van der Waals surface area contributed by atoms with E-state index >= 15 is 0 Å². The van der Waals surface area contributed by atoms with E-state index < -0.39 is 17.8 Å². The van der Waals surface area contributed by atoms with Crippen molar-refractivity contribution in [2.75, 3.05) is 4.90 Å². The number of nitrogens with one attached hydrogen (secondary N) is 1. The zero-order valence-electron chi connectivity index (χ0n) is 22.1. The molecule has 1 aliphatic rings. The van der Waals surface area contributed by atoms with Crippen molar-refractivity contribution in [1.29, 1.82) is 0 Å². The van der Waals surface area contributed by atoms with Crippen LogP contribution < -0.4 is 15.0 Å². The summed E-state index contributed by atoms with van der Waals surface area (Å²) in [4.78, 5) is 38.8. The lowest BCUT2D eigenvalue weighted by Gasteiger charge is -2.29. The molecule has 3 aromatic carbocycles. The molecule has 0 radical (unpaired) electrons. The number of aromatic nitrogens is 1. The molecule has 2 N–H and O–H groups in total. The molecule has 2 amide bonds. The van der Waals surface area contributed by atoms with Crippen LogP contribution in [0.25, 0.3) is 11.8 Å². The van der Waals surface area contributed by atoms with Gasteiger partial charge >= 0.3 is 5.97 Å². The Morgan fingerprint density at radius 3 is 2.39 bits per heavy atom. The minimum absolute atomic E-state index is 0.0176. The molecule has 0 aliphatic carbocycles. The molecule has 1 saturated heterocycles. The fourth-order valence-electron chi connectivity index (χ4n) is 4.60. The third kappa shape index (κ3) is 5.64. The van der Waals surface area contributed by atoms with Gasteiger partial charge in [0.05, 0.1) is 11.3 Å². The van der Waals surface area contributed by atoms with Crippen molar-refractivity contribution < 1.29 is 28.6 Å². The van der Waals surface area contributed by atoms with Gasteiger partial charge in [-0.05, 0) is 104 Å². The molecule has 10 heteroatoms. The van der Waals surface area contributed by atoms with Crippen molar-refractivity contribution >= 4 is 46.9 Å². The second-order valence-electron chi connectivity index (χ2n) is 9.38. The van der Waals surface area contributed by atoms with Crippen molar-refractivity contribution in [3.05, 3.63) is 118 Å². The van der Waals surface area contributed by atoms with Crippen molar-refractivity contribution in [1.82, 2.24) is 9.88 Å². The number of rotatable bonds is 7. The highest BCUT2D eigenvalue weighted by Gasteiger charge is 2.35. The van der Waals surface area contributed by atoms with E-state index in [9.17, 15) is 23.9 Å². The zero-order chi connectivity index (χ0) is 29.3. The average Bonchev–Trinajstić information content (AvgIpc) is 3.23. The highest BCUT2D eigenvalue weighted by molar-refractivity contribution is 7.80. The first-order valence-electron chi connectivity index (χ1n) is 12.5. The lowest BCUT2D eigenvalue weighted by atomic mass is 10.1. The molecular formula is C31H24FN3O5S. The van der Waals surface area contributed by atoms with Crippen molar-refractivity contribution in [3.8, 4) is 11.4 Å². The summed E-state index contributed by atoms with van der Waals surface area (Å²) in [5.41, 5.74) is 4.11. The van der Waals surface area contributed by atoms with Crippen molar-refractivity contribution in [3.63, 3.8) is 0 Å². The Kier molecular flexibility index (Phi) is 7.50. The smallest absolute Gasteiger partial charge is 0.335 e. The predicted molar refractivity (Wildman–Crippen MR) is 156 cm³/mol. The summed E-state index contributed by atoms with van der Waals surface area (Å²) >= 11 is 5.24. The van der Waals surface area contributed by atoms with Crippen LogP contribution in [0.2, 0.25) is 0 Å². The minimum atomic E-state index is -1.15. The van der Waals surface area contributed by atoms with Gasteiger partial charge in [0.1, 0.15) is 23.7 Å². The van der Waals surface area contributed by atoms with Crippen LogP contribution in [0.5, 0.6) is 5.75 Å². The Bertz CT molecular complexity index is 1730. The largest absolute Gasteiger partial charge is 0.489 e. The normalized spacial score (nSPS) is 14.4. The van der Waals surface area contributed by atoms with Gasteiger partial charge in [0, 0.05) is 17.1 Å². The third-order valence-corrected chi connectivity index (χ3v) is 6.92. The van der Waals surface area contributed by atoms with E-state index in [1.165, 1.54) is 36.4 Å². The number of halogens is 1. The number of hydrogen-bond donors (Lipinski definition) is 2. The number of carboxylic acid groups (broad SMARTS) is 1. The molecular weight excluding hydrogens is 545 g/mol. The second-order valence-corrected chi connectivity index (χ2v) is 9.77. The number of hydrogen-bond acceptors (Lipinski definition) is 5. The van der Waals surface area contributed by atoms with Gasteiger partial charge in [-0.3, -0.25) is 19.8 Å². The summed E-state index contributed by atoms with van der Waals surface area (Å²) in [7, 11) is 0. The number of carboxylic acids is 1. The van der Waals surface area contributed by atoms with Crippen LogP contribution in [0.3, 0.4) is 0 Å². The highest BCUT2D eigenvalue weighted by Crippen LogP contribution is 2.27. The molecule has 0 atom stereocenters. The van der Waals surface area contributed by atoms with Gasteiger partial charge in [-0.2, -0.15) is 0 Å². The highest BCUT2D eigenvalue weighted by atomic mass is 32.1. The van der Waals surface area contributed by atoms with Gasteiger partial charge in [-0.1, -0.05) is 18.2 Å². The Labute approximate surface area is 240 Å². The van der Waals surface area contributed by atoms with E-state index in [2.05, 4.69) is 5.32 Å². The first kappa shape index (κ1) is 27.5. The molecule has 0 bridgehead atoms. The van der Waals surface area contributed by atoms with Crippen LogP contribution in [0, 0.1) is 19.7 Å². The third-order valence-electron chi connectivity index (χ3n) is 6.64. The van der Waals surface area contributed by atoms with Gasteiger partial charge in [0.2, 0.25) is 0 Å². The lowest BCUT2D eigenvalue weighted by Crippen LogP contribution is -2.54. The van der Waals surface area contributed by atoms with Gasteiger partial charge < -0.3 is 14.4 Å². The number of benzene rings is 3. The molecule has 1 aromatic heterocycles. The van der Waals surface area contributed by atoms with Gasteiger partial charge in [0.25, 0.3) is 11.8 Å². The second kappa shape index (κ2) is 11.2. The van der Waals surface area contributed by atoms with Gasteiger partial charge in [0.15, 0.2) is 5.11 Å². The molecule has 206 valence electrons. The quantitative estimate of drug-likeness (QED) is 0.177. The number of amides is 2. The maximum Gasteiger partial charge on any atom is 0.335 e. The van der Waals surface area contributed by atoms with Crippen LogP contribution in [-0.4, -0.2) is 32.6 Å². The molecule has 1 aliphatic heterocycles. The van der Waals surface area contributed by atoms with Crippen LogP contribution in [-0.2, 0) is 16.2 Å². The molecule has 0 saturated carbocycles. The first-order chi connectivity index (χ1) is 19.6. The van der Waals surface area contributed by atoms with E-state index in [0.29, 0.717) is 17.9 Å². The van der Waals surface area contributed by atoms with Gasteiger partial charge in [-0.25, -0.2) is 9.18 Å². The van der Waals surface area contributed by atoms with Crippen molar-refractivity contribution in [2.24, 2.45) is 0 Å². The maximum absolute atomic E-state index is 13.4. The number of thiocarbonyl (C=S) groups is 1. The summed E-state index contributed by atoms with van der Waals surface area (Å²) in [5, 5.41) is 11.7. The fourth-order valence-corrected chi connectivity index (χ4v) is 4.88.